The first-order valence-corrected chi connectivity index (χ1v) is 14.1. The number of carbonyl (C=O) groups excluding carboxylic acids is 1. The van der Waals surface area contributed by atoms with Gasteiger partial charge < -0.3 is 13.9 Å². The molecule has 210 valence electrons. The molecule has 0 radical (unpaired) electrons. The van der Waals surface area contributed by atoms with Gasteiger partial charge in [0, 0.05) is 28.2 Å². The van der Waals surface area contributed by atoms with Crippen molar-refractivity contribution in [2.75, 3.05) is 0 Å². The predicted molar refractivity (Wildman–Crippen MR) is 171 cm³/mol. The average Bonchev–Trinajstić information content (AvgIpc) is 3.58. The lowest BCUT2D eigenvalue weighted by Crippen LogP contribution is -2.02. The van der Waals surface area contributed by atoms with E-state index in [2.05, 4.69) is 96.3 Å². The second-order valence-electron chi connectivity index (χ2n) is 10.5. The summed E-state index contributed by atoms with van der Waals surface area (Å²) in [4.78, 5) is 29.4. The molecule has 4 aromatic heterocycles. The van der Waals surface area contributed by atoms with E-state index in [-0.39, 0.29) is 0 Å². The number of hydrogen-bond donors (Lipinski definition) is 0. The Kier molecular flexibility index (Phi) is 5.97. The van der Waals surface area contributed by atoms with Crippen LogP contribution in [0.1, 0.15) is 11.1 Å². The first-order chi connectivity index (χ1) is 21.7. The van der Waals surface area contributed by atoms with Crippen LogP contribution in [0.5, 0.6) is 5.75 Å². The Balaban J connectivity index is 1.10. The number of fused-ring (bicyclic) bond motifs is 6. The van der Waals surface area contributed by atoms with Crippen LogP contribution in [-0.4, -0.2) is 35.0 Å². The molecule has 0 saturated carbocycles. The molecule has 0 atom stereocenters. The van der Waals surface area contributed by atoms with Gasteiger partial charge in [-0.2, -0.15) is 0 Å². The van der Waals surface area contributed by atoms with Gasteiger partial charge in [-0.1, -0.05) is 49.0 Å². The van der Waals surface area contributed by atoms with Gasteiger partial charge in [-0.15, -0.1) is 0 Å². The second-order valence-corrected chi connectivity index (χ2v) is 10.5. The molecule has 8 aromatic rings. The van der Waals surface area contributed by atoms with Gasteiger partial charge in [-0.25, -0.2) is 24.7 Å². The quantitative estimate of drug-likeness (QED) is 0.120. The van der Waals surface area contributed by atoms with E-state index in [1.807, 2.05) is 30.5 Å². The summed E-state index contributed by atoms with van der Waals surface area (Å²) in [5.41, 5.74) is 10.1. The number of benzene rings is 4. The highest BCUT2D eigenvalue weighted by molar-refractivity contribution is 6.08. The Bertz CT molecular complexity index is 2320. The molecule has 4 heterocycles. The third-order valence-corrected chi connectivity index (χ3v) is 7.91. The third-order valence-electron chi connectivity index (χ3n) is 7.91. The van der Waals surface area contributed by atoms with Crippen molar-refractivity contribution < 1.29 is 9.53 Å². The van der Waals surface area contributed by atoms with Crippen LogP contribution < -0.4 is 4.74 Å². The van der Waals surface area contributed by atoms with Gasteiger partial charge in [0.05, 0.1) is 45.5 Å². The van der Waals surface area contributed by atoms with Crippen molar-refractivity contribution in [3.05, 3.63) is 140 Å². The molecular weight excluding hydrogens is 548 g/mol. The fraction of sp³-hybridized carbons (Fsp3) is 0.0278. The Morgan fingerprint density at radius 3 is 1.86 bits per heavy atom. The van der Waals surface area contributed by atoms with Crippen molar-refractivity contribution >= 4 is 49.8 Å². The zero-order valence-corrected chi connectivity index (χ0v) is 23.5. The van der Waals surface area contributed by atoms with Crippen molar-refractivity contribution in [2.24, 2.45) is 0 Å². The van der Waals surface area contributed by atoms with Crippen molar-refractivity contribution in [3.63, 3.8) is 0 Å². The van der Waals surface area contributed by atoms with Crippen LogP contribution in [0.25, 0.3) is 55.2 Å². The highest BCUT2D eigenvalue weighted by atomic mass is 16.5. The summed E-state index contributed by atoms with van der Waals surface area (Å²) in [5, 5.41) is 1.98. The molecule has 0 bridgehead atoms. The summed E-state index contributed by atoms with van der Waals surface area (Å²) in [5.74, 6) is -0.0674. The van der Waals surface area contributed by atoms with Crippen molar-refractivity contribution in [1.82, 2.24) is 29.1 Å². The van der Waals surface area contributed by atoms with Gasteiger partial charge in [-0.3, -0.25) is 0 Å². The first-order valence-electron chi connectivity index (χ1n) is 14.1. The van der Waals surface area contributed by atoms with E-state index in [0.29, 0.717) is 5.75 Å². The molecule has 0 unspecified atom stereocenters. The highest BCUT2D eigenvalue weighted by Gasteiger charge is 2.16. The number of para-hydroxylation sites is 1. The van der Waals surface area contributed by atoms with Crippen LogP contribution in [0, 0.1) is 0 Å². The van der Waals surface area contributed by atoms with E-state index in [0.717, 1.165) is 67.7 Å². The lowest BCUT2D eigenvalue weighted by molar-refractivity contribution is -0.128. The smallest absolute Gasteiger partial charge is 0.335 e. The topological polar surface area (TPSA) is 87.7 Å². The van der Waals surface area contributed by atoms with Gasteiger partial charge in [-0.05, 0) is 66.1 Å². The average molecular weight is 573 g/mol. The second kappa shape index (κ2) is 10.3. The normalized spacial score (nSPS) is 11.5. The first kappa shape index (κ1) is 25.6. The zero-order chi connectivity index (χ0) is 29.6. The largest absolute Gasteiger partial charge is 0.423 e. The van der Waals surface area contributed by atoms with Crippen LogP contribution >= 0.6 is 0 Å². The third kappa shape index (κ3) is 4.20. The molecule has 0 spiro atoms. The number of aromatic nitrogens is 6. The summed E-state index contributed by atoms with van der Waals surface area (Å²) in [6.45, 7) is 3.48. The summed E-state index contributed by atoms with van der Waals surface area (Å²) in [6, 6.07) is 31.0. The van der Waals surface area contributed by atoms with E-state index in [4.69, 9.17) is 4.74 Å². The molecule has 0 aliphatic heterocycles. The van der Waals surface area contributed by atoms with Gasteiger partial charge in [0.15, 0.2) is 0 Å². The lowest BCUT2D eigenvalue weighted by Gasteiger charge is -2.10. The van der Waals surface area contributed by atoms with Crippen LogP contribution in [0.15, 0.2) is 129 Å². The minimum Gasteiger partial charge on any atom is -0.423 e. The Morgan fingerprint density at radius 1 is 0.682 bits per heavy atom. The van der Waals surface area contributed by atoms with Crippen molar-refractivity contribution in [1.29, 1.82) is 0 Å². The summed E-state index contributed by atoms with van der Waals surface area (Å²) >= 11 is 0. The summed E-state index contributed by atoms with van der Waals surface area (Å²) in [6.07, 6.45) is 8.74. The zero-order valence-electron chi connectivity index (χ0n) is 23.5. The Labute approximate surface area is 251 Å². The minimum absolute atomic E-state index is 0.438. The fourth-order valence-corrected chi connectivity index (χ4v) is 5.95. The summed E-state index contributed by atoms with van der Waals surface area (Å²) in [7, 11) is 0. The van der Waals surface area contributed by atoms with E-state index in [1.165, 1.54) is 17.5 Å². The number of ether oxygens (including phenoxy) is 1. The maximum Gasteiger partial charge on any atom is 0.335 e. The molecule has 8 nitrogen and oxygen atoms in total. The van der Waals surface area contributed by atoms with Crippen LogP contribution in [0.3, 0.4) is 0 Å². The molecule has 8 rings (SSSR count). The van der Waals surface area contributed by atoms with Gasteiger partial charge in [0.2, 0.25) is 0 Å². The maximum atomic E-state index is 11.8. The SMILES string of the molecule is C=CC(=O)Oc1ccc2c(c1)c1ncncc1n2-c1ccc(Cc2ccc(-n3c4ccccc4c4ncncc43)cc2)cc1. The van der Waals surface area contributed by atoms with Gasteiger partial charge in [0.1, 0.15) is 18.4 Å². The number of hydrogen-bond acceptors (Lipinski definition) is 6. The van der Waals surface area contributed by atoms with Crippen molar-refractivity contribution in [3.8, 4) is 17.1 Å². The molecule has 0 saturated heterocycles. The number of carbonyl (C=O) groups is 1. The van der Waals surface area contributed by atoms with Crippen molar-refractivity contribution in [2.45, 2.75) is 6.42 Å². The van der Waals surface area contributed by atoms with Gasteiger partial charge >= 0.3 is 5.97 Å². The number of esters is 1. The Morgan fingerprint density at radius 2 is 1.25 bits per heavy atom. The molecule has 0 N–H and O–H groups in total. The molecule has 0 amide bonds. The van der Waals surface area contributed by atoms with E-state index < -0.39 is 5.97 Å². The van der Waals surface area contributed by atoms with Gasteiger partial charge in [0.25, 0.3) is 0 Å². The fourth-order valence-electron chi connectivity index (χ4n) is 5.95. The van der Waals surface area contributed by atoms with E-state index >= 15 is 0 Å². The molecule has 8 heteroatoms. The predicted octanol–water partition coefficient (Wildman–Crippen LogP) is 7.14. The number of nitrogens with zero attached hydrogens (tertiary/aromatic N) is 6. The number of rotatable bonds is 6. The summed E-state index contributed by atoms with van der Waals surface area (Å²) < 4.78 is 9.69. The van der Waals surface area contributed by atoms with Crippen LogP contribution in [0.2, 0.25) is 0 Å². The lowest BCUT2D eigenvalue weighted by atomic mass is 10.0. The molecule has 0 aliphatic carbocycles. The van der Waals surface area contributed by atoms with E-state index in [1.54, 1.807) is 18.6 Å². The highest BCUT2D eigenvalue weighted by Crippen LogP contribution is 2.33. The standard InChI is InChI=1S/C36H24N6O2/c1-2-34(43)44-27-15-16-31-29(18-27)36-33(20-38-22-40-36)42(31)26-13-9-24(10-14-26)17-23-7-11-25(12-8-23)41-30-6-4-3-5-28(30)35-32(41)19-37-21-39-35/h2-16,18-22H,1,17H2. The maximum absolute atomic E-state index is 11.8. The van der Waals surface area contributed by atoms with E-state index in [9.17, 15) is 4.79 Å². The van der Waals surface area contributed by atoms with Crippen LogP contribution in [-0.2, 0) is 11.2 Å². The molecule has 0 fully saturated rings. The molecule has 44 heavy (non-hydrogen) atoms. The molecule has 4 aromatic carbocycles. The molecule has 0 aliphatic rings. The Hall–Kier alpha value is -6.15. The molecular formula is C36H24N6O2. The monoisotopic (exact) mass is 572 g/mol. The van der Waals surface area contributed by atoms with Crippen LogP contribution in [0.4, 0.5) is 0 Å². The minimum atomic E-state index is -0.505.